The molecular formula is C37H45N3O8. The van der Waals surface area contributed by atoms with Gasteiger partial charge in [-0.25, -0.2) is 14.4 Å². The minimum Gasteiger partial charge on any atom is -0.493 e. The van der Waals surface area contributed by atoms with Crippen LogP contribution in [0.2, 0.25) is 0 Å². The molecule has 4 rings (SSSR count). The molecule has 0 unspecified atom stereocenters. The molecule has 0 spiro atoms. The van der Waals surface area contributed by atoms with Crippen LogP contribution in [-0.2, 0) is 32.1 Å². The quantitative estimate of drug-likeness (QED) is 0.192. The van der Waals surface area contributed by atoms with Gasteiger partial charge in [0.25, 0.3) is 0 Å². The highest BCUT2D eigenvalue weighted by atomic mass is 16.6. The Kier molecular flexibility index (Phi) is 12.1. The number of hydrogen-bond acceptors (Lipinski definition) is 7. The van der Waals surface area contributed by atoms with E-state index < -0.39 is 36.3 Å². The summed E-state index contributed by atoms with van der Waals surface area (Å²) in [7, 11) is 0. The SMILES string of the molecule is Cc1cccc(OCCCC(=O)N2CCCc3c(-c4cccc(COC(=O)NC[C@@H](NC(=O)OC(C)(C)C)C(=O)O)c4)cccc32)c1C. The molecule has 0 fully saturated rings. The maximum absolute atomic E-state index is 13.3. The van der Waals surface area contributed by atoms with E-state index in [2.05, 4.69) is 10.6 Å². The maximum atomic E-state index is 13.3. The normalized spacial score (nSPS) is 13.1. The molecule has 0 aromatic heterocycles. The van der Waals surface area contributed by atoms with Crippen LogP contribution < -0.4 is 20.3 Å². The highest BCUT2D eigenvalue weighted by Gasteiger charge is 2.26. The number of fused-ring (bicyclic) bond motifs is 1. The zero-order valence-corrected chi connectivity index (χ0v) is 28.3. The summed E-state index contributed by atoms with van der Waals surface area (Å²) in [5.74, 6) is -0.414. The van der Waals surface area contributed by atoms with Crippen molar-refractivity contribution in [2.24, 2.45) is 0 Å². The molecule has 11 heteroatoms. The van der Waals surface area contributed by atoms with Gasteiger partial charge in [-0.1, -0.05) is 42.5 Å². The lowest BCUT2D eigenvalue weighted by Gasteiger charge is -2.31. The van der Waals surface area contributed by atoms with E-state index in [9.17, 15) is 24.3 Å². The molecule has 1 atom stereocenters. The fourth-order valence-electron chi connectivity index (χ4n) is 5.44. The summed E-state index contributed by atoms with van der Waals surface area (Å²) in [6.45, 7) is 9.73. The molecule has 0 aliphatic carbocycles. The third-order valence-corrected chi connectivity index (χ3v) is 7.95. The maximum Gasteiger partial charge on any atom is 0.408 e. The molecule has 3 N–H and O–H groups in total. The molecule has 3 aromatic carbocycles. The summed E-state index contributed by atoms with van der Waals surface area (Å²) < 4.78 is 16.4. The van der Waals surface area contributed by atoms with E-state index in [1.807, 2.05) is 79.4 Å². The van der Waals surface area contributed by atoms with E-state index in [4.69, 9.17) is 14.2 Å². The molecule has 48 heavy (non-hydrogen) atoms. The number of alkyl carbamates (subject to hydrolysis) is 2. The number of aliphatic carboxylic acids is 1. The molecule has 0 radical (unpaired) electrons. The number of ether oxygens (including phenoxy) is 3. The number of benzene rings is 3. The lowest BCUT2D eigenvalue weighted by Crippen LogP contribution is -2.49. The van der Waals surface area contributed by atoms with E-state index in [-0.39, 0.29) is 12.5 Å². The third kappa shape index (κ3) is 9.97. The predicted molar refractivity (Wildman–Crippen MR) is 182 cm³/mol. The molecule has 1 aliphatic rings. The van der Waals surface area contributed by atoms with E-state index in [1.165, 1.54) is 5.56 Å². The summed E-state index contributed by atoms with van der Waals surface area (Å²) in [6, 6.07) is 18.1. The predicted octanol–water partition coefficient (Wildman–Crippen LogP) is 6.31. The van der Waals surface area contributed by atoms with Crippen molar-refractivity contribution in [3.63, 3.8) is 0 Å². The molecule has 1 aliphatic heterocycles. The van der Waals surface area contributed by atoms with Gasteiger partial charge < -0.3 is 34.9 Å². The Morgan fingerprint density at radius 3 is 2.48 bits per heavy atom. The number of rotatable bonds is 12. The zero-order chi connectivity index (χ0) is 34.8. The van der Waals surface area contributed by atoms with Gasteiger partial charge in [0.2, 0.25) is 5.91 Å². The van der Waals surface area contributed by atoms with Crippen molar-refractivity contribution in [3.05, 3.63) is 82.9 Å². The van der Waals surface area contributed by atoms with Crippen molar-refractivity contribution in [1.82, 2.24) is 10.6 Å². The second kappa shape index (κ2) is 16.2. The van der Waals surface area contributed by atoms with Crippen LogP contribution >= 0.6 is 0 Å². The molecule has 0 bridgehead atoms. The first kappa shape index (κ1) is 35.8. The van der Waals surface area contributed by atoms with Crippen LogP contribution in [0.4, 0.5) is 15.3 Å². The van der Waals surface area contributed by atoms with Crippen LogP contribution in [0.5, 0.6) is 5.75 Å². The van der Waals surface area contributed by atoms with Crippen molar-refractivity contribution in [2.75, 3.05) is 24.6 Å². The number of carbonyl (C=O) groups is 4. The van der Waals surface area contributed by atoms with Crippen LogP contribution in [0, 0.1) is 13.8 Å². The molecule has 1 heterocycles. The van der Waals surface area contributed by atoms with Crippen LogP contribution in [0.25, 0.3) is 11.1 Å². The summed E-state index contributed by atoms with van der Waals surface area (Å²) >= 11 is 0. The average Bonchev–Trinajstić information content (AvgIpc) is 3.04. The number of hydrogen-bond donors (Lipinski definition) is 3. The second-order valence-corrected chi connectivity index (χ2v) is 12.8. The van der Waals surface area contributed by atoms with E-state index in [1.54, 1.807) is 20.8 Å². The number of nitrogens with one attached hydrogen (secondary N) is 2. The fourth-order valence-corrected chi connectivity index (χ4v) is 5.44. The van der Waals surface area contributed by atoms with Crippen LogP contribution in [0.15, 0.2) is 60.7 Å². The number of anilines is 1. The fraction of sp³-hybridized carbons (Fsp3) is 0.405. The highest BCUT2D eigenvalue weighted by Crippen LogP contribution is 2.36. The molecule has 11 nitrogen and oxygen atoms in total. The summed E-state index contributed by atoms with van der Waals surface area (Å²) in [6.07, 6.45) is 0.936. The largest absolute Gasteiger partial charge is 0.493 e. The molecule has 0 saturated carbocycles. The minimum absolute atomic E-state index is 0.0549. The van der Waals surface area contributed by atoms with Gasteiger partial charge in [0.05, 0.1) is 13.2 Å². The van der Waals surface area contributed by atoms with E-state index in [0.717, 1.165) is 52.1 Å². The van der Waals surface area contributed by atoms with Crippen LogP contribution in [0.3, 0.4) is 0 Å². The molecule has 3 aromatic rings. The number of amides is 3. The Labute approximate surface area is 281 Å². The third-order valence-electron chi connectivity index (χ3n) is 7.95. The van der Waals surface area contributed by atoms with Gasteiger partial charge in [-0.3, -0.25) is 4.79 Å². The topological polar surface area (TPSA) is 144 Å². The Hall–Kier alpha value is -5.06. The summed E-state index contributed by atoms with van der Waals surface area (Å²) in [5, 5.41) is 14.0. The van der Waals surface area contributed by atoms with Crippen molar-refractivity contribution in [3.8, 4) is 16.9 Å². The van der Waals surface area contributed by atoms with Crippen LogP contribution in [0.1, 0.15) is 62.3 Å². The highest BCUT2D eigenvalue weighted by molar-refractivity contribution is 5.96. The van der Waals surface area contributed by atoms with E-state index in [0.29, 0.717) is 26.0 Å². The first-order valence-electron chi connectivity index (χ1n) is 16.2. The van der Waals surface area contributed by atoms with Crippen molar-refractivity contribution in [1.29, 1.82) is 0 Å². The van der Waals surface area contributed by atoms with E-state index >= 15 is 0 Å². The molecule has 256 valence electrons. The Bertz CT molecular complexity index is 1630. The number of carboxylic acids is 1. The monoisotopic (exact) mass is 659 g/mol. The lowest BCUT2D eigenvalue weighted by molar-refractivity contribution is -0.139. The van der Waals surface area contributed by atoms with Gasteiger partial charge in [-0.15, -0.1) is 0 Å². The molecule has 3 amide bonds. The van der Waals surface area contributed by atoms with Crippen molar-refractivity contribution >= 4 is 29.8 Å². The average molecular weight is 660 g/mol. The van der Waals surface area contributed by atoms with Gasteiger partial charge in [0.15, 0.2) is 0 Å². The van der Waals surface area contributed by atoms with Crippen molar-refractivity contribution < 1.29 is 38.5 Å². The zero-order valence-electron chi connectivity index (χ0n) is 28.3. The Morgan fingerprint density at radius 2 is 1.73 bits per heavy atom. The summed E-state index contributed by atoms with van der Waals surface area (Å²) in [4.78, 5) is 51.1. The van der Waals surface area contributed by atoms with Crippen LogP contribution in [-0.4, -0.2) is 60.5 Å². The number of carboxylic acid groups (broad SMARTS) is 1. The van der Waals surface area contributed by atoms with Gasteiger partial charge in [0, 0.05) is 18.7 Å². The Morgan fingerprint density at radius 1 is 0.979 bits per heavy atom. The number of nitrogens with zero attached hydrogens (tertiary/aromatic N) is 1. The van der Waals surface area contributed by atoms with Gasteiger partial charge >= 0.3 is 18.2 Å². The number of carbonyl (C=O) groups excluding carboxylic acids is 3. The first-order chi connectivity index (χ1) is 22.8. The Balaban J connectivity index is 1.33. The van der Waals surface area contributed by atoms with Gasteiger partial charge in [-0.05, 0) is 105 Å². The summed E-state index contributed by atoms with van der Waals surface area (Å²) in [5.41, 5.74) is 6.15. The smallest absolute Gasteiger partial charge is 0.408 e. The molecule has 0 saturated heterocycles. The second-order valence-electron chi connectivity index (χ2n) is 12.8. The number of aryl methyl sites for hydroxylation is 1. The molecular weight excluding hydrogens is 614 g/mol. The standard InChI is InChI=1S/C37H45N3O8/c1-24-11-6-17-32(25(24)2)46-20-10-18-33(41)40-19-9-15-29-28(14-8-16-31(29)40)27-13-7-12-26(21-27)23-47-35(44)38-22-30(34(42)43)39-36(45)48-37(3,4)5/h6-8,11-14,16-17,21,30H,9-10,15,18-20,22-23H2,1-5H3,(H,38,44)(H,39,45)(H,42,43)/t30-/m1/s1. The minimum atomic E-state index is -1.40. The first-order valence-corrected chi connectivity index (χ1v) is 16.2. The van der Waals surface area contributed by atoms with Gasteiger partial charge in [0.1, 0.15) is 24.0 Å². The van der Waals surface area contributed by atoms with Gasteiger partial charge in [-0.2, -0.15) is 0 Å². The van der Waals surface area contributed by atoms with Crippen molar-refractivity contribution in [2.45, 2.75) is 78.6 Å². The lowest BCUT2D eigenvalue weighted by atomic mass is 9.91.